The largest absolute Gasteiger partial charge is 0.424 e. The van der Waals surface area contributed by atoms with E-state index in [1.54, 1.807) is 30.3 Å². The van der Waals surface area contributed by atoms with Crippen molar-refractivity contribution >= 4 is 5.97 Å². The molecule has 0 aliphatic carbocycles. The molecule has 1 aromatic rings. The van der Waals surface area contributed by atoms with Crippen LogP contribution in [0.15, 0.2) is 30.3 Å². The van der Waals surface area contributed by atoms with E-state index < -0.39 is 12.2 Å². The molecular weight excluding hydrogens is 158 g/mol. The van der Waals surface area contributed by atoms with E-state index in [-0.39, 0.29) is 0 Å². The topological polar surface area (TPSA) is 72.5 Å². The second kappa shape index (κ2) is 3.85. The maximum Gasteiger partial charge on any atom is 0.355 e. The molecule has 0 unspecified atom stereocenters. The number of hydrogen-bond donors (Lipinski definition) is 2. The summed E-state index contributed by atoms with van der Waals surface area (Å²) in [6.45, 7) is 0. The van der Waals surface area contributed by atoms with Gasteiger partial charge in [-0.15, -0.1) is 0 Å². The highest BCUT2D eigenvalue weighted by molar-refractivity contribution is 5.76. The molecule has 0 aliphatic rings. The van der Waals surface area contributed by atoms with E-state index in [9.17, 15) is 4.79 Å². The lowest BCUT2D eigenvalue weighted by atomic mass is 10.3. The Kier molecular flexibility index (Phi) is 2.79. The average Bonchev–Trinajstić information content (AvgIpc) is 2.06. The summed E-state index contributed by atoms with van der Waals surface area (Å²) in [6.07, 6.45) is -1.58. The van der Waals surface area contributed by atoms with Gasteiger partial charge in [-0.25, -0.2) is 4.79 Å². The molecule has 0 saturated heterocycles. The Balaban J connectivity index is 2.59. The van der Waals surface area contributed by atoms with Crippen molar-refractivity contribution < 1.29 is 14.6 Å². The number of carbonyl (C=O) groups excluding carboxylic acids is 1. The molecule has 0 fully saturated rings. The van der Waals surface area contributed by atoms with Gasteiger partial charge in [0.05, 0.1) is 0 Å². The molecule has 0 bridgehead atoms. The number of rotatable bonds is 2. The number of hydrogen-bond acceptors (Lipinski definition) is 4. The molecule has 1 atom stereocenters. The lowest BCUT2D eigenvalue weighted by Gasteiger charge is -2.04. The Hall–Kier alpha value is -1.39. The van der Waals surface area contributed by atoms with Crippen molar-refractivity contribution in [1.29, 1.82) is 0 Å². The van der Waals surface area contributed by atoms with Gasteiger partial charge >= 0.3 is 5.97 Å². The summed E-state index contributed by atoms with van der Waals surface area (Å²) in [5.74, 6) is -0.492. The number of ether oxygens (including phenoxy) is 1. The Morgan fingerprint density at radius 2 is 2.00 bits per heavy atom. The van der Waals surface area contributed by atoms with E-state index in [4.69, 9.17) is 10.8 Å². The average molecular weight is 167 g/mol. The Morgan fingerprint density at radius 3 is 2.50 bits per heavy atom. The van der Waals surface area contributed by atoms with E-state index in [2.05, 4.69) is 4.74 Å². The van der Waals surface area contributed by atoms with Gasteiger partial charge in [-0.3, -0.25) is 5.73 Å². The molecule has 0 heterocycles. The molecule has 64 valence electrons. The van der Waals surface area contributed by atoms with Gasteiger partial charge in [0, 0.05) is 0 Å². The smallest absolute Gasteiger partial charge is 0.355 e. The van der Waals surface area contributed by atoms with Gasteiger partial charge in [-0.2, -0.15) is 0 Å². The van der Waals surface area contributed by atoms with Crippen molar-refractivity contribution in [2.24, 2.45) is 5.73 Å². The third-order valence-electron chi connectivity index (χ3n) is 1.20. The number of nitrogens with two attached hydrogens (primary N) is 1. The third kappa shape index (κ3) is 2.34. The minimum Gasteiger partial charge on any atom is -0.424 e. The molecule has 4 nitrogen and oxygen atoms in total. The second-order valence-corrected chi connectivity index (χ2v) is 2.18. The number of para-hydroxylation sites is 1. The summed E-state index contributed by atoms with van der Waals surface area (Å²) < 4.78 is 4.66. The highest BCUT2D eigenvalue weighted by atomic mass is 16.6. The van der Waals surface area contributed by atoms with E-state index in [1.165, 1.54) is 0 Å². The van der Waals surface area contributed by atoms with Gasteiger partial charge in [0.25, 0.3) is 0 Å². The number of benzene rings is 1. The SMILES string of the molecule is N[C@H](O)C(=O)Oc1ccccc1. The molecule has 4 heteroatoms. The van der Waals surface area contributed by atoms with Crippen LogP contribution in [-0.4, -0.2) is 17.3 Å². The molecule has 1 rings (SSSR count). The van der Waals surface area contributed by atoms with Crippen LogP contribution < -0.4 is 10.5 Å². The number of carbonyl (C=O) groups is 1. The summed E-state index contributed by atoms with van der Waals surface area (Å²) in [5, 5.41) is 8.59. The highest BCUT2D eigenvalue weighted by Crippen LogP contribution is 2.08. The highest BCUT2D eigenvalue weighted by Gasteiger charge is 2.10. The maximum absolute atomic E-state index is 10.7. The van der Waals surface area contributed by atoms with Crippen molar-refractivity contribution in [2.45, 2.75) is 6.23 Å². The van der Waals surface area contributed by atoms with Crippen molar-refractivity contribution in [3.63, 3.8) is 0 Å². The van der Waals surface area contributed by atoms with Crippen LogP contribution in [0.2, 0.25) is 0 Å². The van der Waals surface area contributed by atoms with Crippen LogP contribution >= 0.6 is 0 Å². The summed E-state index contributed by atoms with van der Waals surface area (Å²) in [4.78, 5) is 10.7. The van der Waals surface area contributed by atoms with E-state index in [0.717, 1.165) is 0 Å². The van der Waals surface area contributed by atoms with Gasteiger partial charge < -0.3 is 9.84 Å². The van der Waals surface area contributed by atoms with Gasteiger partial charge in [0.1, 0.15) is 5.75 Å². The van der Waals surface area contributed by atoms with Gasteiger partial charge in [-0.05, 0) is 12.1 Å². The quantitative estimate of drug-likeness (QED) is 0.365. The summed E-state index contributed by atoms with van der Waals surface area (Å²) in [5.41, 5.74) is 4.86. The fraction of sp³-hybridized carbons (Fsp3) is 0.125. The number of aliphatic hydroxyl groups is 1. The van der Waals surface area contributed by atoms with Gasteiger partial charge in [0.15, 0.2) is 0 Å². The van der Waals surface area contributed by atoms with Crippen LogP contribution in [0.25, 0.3) is 0 Å². The zero-order chi connectivity index (χ0) is 8.97. The molecule has 1 aromatic carbocycles. The molecule has 0 aromatic heterocycles. The zero-order valence-electron chi connectivity index (χ0n) is 6.31. The van der Waals surface area contributed by atoms with Crippen molar-refractivity contribution in [3.8, 4) is 5.75 Å². The standard InChI is InChI=1S/C8H9NO3/c9-7(10)8(11)12-6-4-2-1-3-5-6/h1-5,7,10H,9H2/t7-/m1/s1. The molecule has 0 aliphatic heterocycles. The number of aliphatic hydroxyl groups excluding tert-OH is 1. The molecule has 3 N–H and O–H groups in total. The Morgan fingerprint density at radius 1 is 1.42 bits per heavy atom. The maximum atomic E-state index is 10.7. The monoisotopic (exact) mass is 167 g/mol. The second-order valence-electron chi connectivity index (χ2n) is 2.18. The summed E-state index contributed by atoms with van der Waals surface area (Å²) in [7, 11) is 0. The normalized spacial score (nSPS) is 12.2. The first-order valence-electron chi connectivity index (χ1n) is 3.40. The minimum absolute atomic E-state index is 0.368. The van der Waals surface area contributed by atoms with Crippen LogP contribution in [0, 0.1) is 0 Å². The van der Waals surface area contributed by atoms with E-state index in [1.807, 2.05) is 0 Å². The van der Waals surface area contributed by atoms with Crippen molar-refractivity contribution in [2.75, 3.05) is 0 Å². The molecule has 0 radical (unpaired) electrons. The molecule has 0 spiro atoms. The fourth-order valence-corrected chi connectivity index (χ4v) is 0.665. The van der Waals surface area contributed by atoms with Crippen molar-refractivity contribution in [1.82, 2.24) is 0 Å². The lowest BCUT2D eigenvalue weighted by Crippen LogP contribution is -2.33. The van der Waals surface area contributed by atoms with E-state index in [0.29, 0.717) is 5.75 Å². The van der Waals surface area contributed by atoms with Gasteiger partial charge in [0.2, 0.25) is 6.23 Å². The predicted octanol–water partition coefficient (Wildman–Crippen LogP) is -0.131. The minimum atomic E-state index is -1.58. The van der Waals surface area contributed by atoms with Crippen LogP contribution in [0.5, 0.6) is 5.75 Å². The first kappa shape index (κ1) is 8.70. The van der Waals surface area contributed by atoms with Crippen LogP contribution in [0.4, 0.5) is 0 Å². The Labute approximate surface area is 69.6 Å². The van der Waals surface area contributed by atoms with Crippen LogP contribution in [0.3, 0.4) is 0 Å². The number of esters is 1. The first-order chi connectivity index (χ1) is 5.70. The summed E-state index contributed by atoms with van der Waals surface area (Å²) >= 11 is 0. The lowest BCUT2D eigenvalue weighted by molar-refractivity contribution is -0.143. The van der Waals surface area contributed by atoms with Gasteiger partial charge in [-0.1, -0.05) is 18.2 Å². The molecule has 0 amide bonds. The summed E-state index contributed by atoms with van der Waals surface area (Å²) in [6, 6.07) is 8.41. The zero-order valence-corrected chi connectivity index (χ0v) is 6.31. The first-order valence-corrected chi connectivity index (χ1v) is 3.40. The van der Waals surface area contributed by atoms with Crippen LogP contribution in [-0.2, 0) is 4.79 Å². The van der Waals surface area contributed by atoms with E-state index >= 15 is 0 Å². The van der Waals surface area contributed by atoms with Crippen molar-refractivity contribution in [3.05, 3.63) is 30.3 Å². The molecule has 12 heavy (non-hydrogen) atoms. The predicted molar refractivity (Wildman–Crippen MR) is 42.3 cm³/mol. The van der Waals surface area contributed by atoms with Crippen LogP contribution in [0.1, 0.15) is 0 Å². The fourth-order valence-electron chi connectivity index (χ4n) is 0.665. The third-order valence-corrected chi connectivity index (χ3v) is 1.20. The molecule has 0 saturated carbocycles. The molecular formula is C8H9NO3. The Bertz CT molecular complexity index is 258.